The first-order chi connectivity index (χ1) is 10.7. The highest BCUT2D eigenvalue weighted by molar-refractivity contribution is 5.76. The van der Waals surface area contributed by atoms with Crippen molar-refractivity contribution in [3.8, 4) is 12.3 Å². The molecule has 1 unspecified atom stereocenters. The summed E-state index contributed by atoms with van der Waals surface area (Å²) in [6.07, 6.45) is 12.9. The molecule has 120 valence electrons. The first-order valence-corrected chi connectivity index (χ1v) is 8.49. The van der Waals surface area contributed by atoms with Crippen molar-refractivity contribution < 1.29 is 9.53 Å². The molecule has 0 N–H and O–H groups in total. The molecular weight excluding hydrogens is 278 g/mol. The van der Waals surface area contributed by atoms with E-state index < -0.39 is 0 Å². The number of terminal acetylenes is 1. The third-order valence-corrected chi connectivity index (χ3v) is 5.17. The van der Waals surface area contributed by atoms with Gasteiger partial charge in [0.15, 0.2) is 5.66 Å². The summed E-state index contributed by atoms with van der Waals surface area (Å²) in [5.74, 6) is 3.50. The minimum atomic E-state index is -0.335. The van der Waals surface area contributed by atoms with Crippen LogP contribution < -0.4 is 0 Å². The van der Waals surface area contributed by atoms with Crippen LogP contribution >= 0.6 is 0 Å². The smallest absolute Gasteiger partial charge is 0.222 e. The number of nitrogens with zero attached hydrogens (tertiary/aromatic N) is 3. The van der Waals surface area contributed by atoms with Crippen LogP contribution in [0.5, 0.6) is 0 Å². The predicted octanol–water partition coefficient (Wildman–Crippen LogP) is 2.76. The van der Waals surface area contributed by atoms with E-state index in [-0.39, 0.29) is 11.6 Å². The van der Waals surface area contributed by atoms with Gasteiger partial charge in [0.2, 0.25) is 5.91 Å². The van der Waals surface area contributed by atoms with Gasteiger partial charge in [-0.1, -0.05) is 0 Å². The van der Waals surface area contributed by atoms with Crippen molar-refractivity contribution in [1.82, 2.24) is 4.90 Å². The highest BCUT2D eigenvalue weighted by atomic mass is 16.5. The summed E-state index contributed by atoms with van der Waals surface area (Å²) < 4.78 is 5.78. The lowest BCUT2D eigenvalue weighted by molar-refractivity contribution is -0.133. The normalized spacial score (nSPS) is 26.9. The number of carbonyl (C=O) groups excluding carboxylic acids is 1. The first kappa shape index (κ1) is 15.5. The summed E-state index contributed by atoms with van der Waals surface area (Å²) in [4.78, 5) is 14.3. The average Bonchev–Trinajstić information content (AvgIpc) is 3.11. The molecular formula is C17H25N3O2. The molecule has 3 aliphatic rings. The van der Waals surface area contributed by atoms with Crippen molar-refractivity contribution in [1.29, 1.82) is 0 Å². The molecule has 0 aliphatic carbocycles. The molecule has 5 heteroatoms. The van der Waals surface area contributed by atoms with Crippen LogP contribution in [0.1, 0.15) is 51.4 Å². The number of likely N-dealkylation sites (tertiary alicyclic amines) is 1. The van der Waals surface area contributed by atoms with E-state index in [1.54, 1.807) is 0 Å². The number of hydrogen-bond donors (Lipinski definition) is 0. The van der Waals surface area contributed by atoms with Crippen LogP contribution in [0.2, 0.25) is 0 Å². The third kappa shape index (κ3) is 3.67. The van der Waals surface area contributed by atoms with Crippen LogP contribution in [0.4, 0.5) is 0 Å². The minimum absolute atomic E-state index is 0.239. The average molecular weight is 303 g/mol. The van der Waals surface area contributed by atoms with E-state index >= 15 is 0 Å². The molecule has 1 amide bonds. The zero-order chi connectivity index (χ0) is 15.4. The maximum atomic E-state index is 12.3. The zero-order valence-corrected chi connectivity index (χ0v) is 13.2. The lowest BCUT2D eigenvalue weighted by atomic mass is 9.89. The van der Waals surface area contributed by atoms with E-state index in [0.717, 1.165) is 39.0 Å². The maximum Gasteiger partial charge on any atom is 0.222 e. The summed E-state index contributed by atoms with van der Waals surface area (Å²) in [6.45, 7) is 2.65. The van der Waals surface area contributed by atoms with E-state index in [2.05, 4.69) is 16.1 Å². The molecule has 0 radical (unpaired) electrons. The Morgan fingerprint density at radius 2 is 2.05 bits per heavy atom. The van der Waals surface area contributed by atoms with Crippen molar-refractivity contribution in [2.75, 3.05) is 19.7 Å². The van der Waals surface area contributed by atoms with E-state index in [9.17, 15) is 4.79 Å². The van der Waals surface area contributed by atoms with Gasteiger partial charge in [-0.2, -0.15) is 10.2 Å². The fourth-order valence-corrected chi connectivity index (χ4v) is 3.63. The Labute approximate surface area is 132 Å². The van der Waals surface area contributed by atoms with Crippen LogP contribution in [0.3, 0.4) is 0 Å². The van der Waals surface area contributed by atoms with Gasteiger partial charge in [-0.15, -0.1) is 12.3 Å². The van der Waals surface area contributed by atoms with Crippen molar-refractivity contribution in [3.63, 3.8) is 0 Å². The van der Waals surface area contributed by atoms with Crippen molar-refractivity contribution in [3.05, 3.63) is 0 Å². The van der Waals surface area contributed by atoms with Gasteiger partial charge in [0.1, 0.15) is 0 Å². The monoisotopic (exact) mass is 303 g/mol. The second-order valence-corrected chi connectivity index (χ2v) is 6.66. The molecule has 0 saturated carbocycles. The van der Waals surface area contributed by atoms with Gasteiger partial charge < -0.3 is 9.64 Å². The highest BCUT2D eigenvalue weighted by Gasteiger charge is 2.40. The molecule has 0 bridgehead atoms. The highest BCUT2D eigenvalue weighted by Crippen LogP contribution is 2.38. The Morgan fingerprint density at radius 3 is 2.64 bits per heavy atom. The molecule has 3 heterocycles. The van der Waals surface area contributed by atoms with Gasteiger partial charge in [0.25, 0.3) is 0 Å². The fourth-order valence-electron chi connectivity index (χ4n) is 3.63. The molecule has 0 aromatic carbocycles. The van der Waals surface area contributed by atoms with Gasteiger partial charge >= 0.3 is 0 Å². The summed E-state index contributed by atoms with van der Waals surface area (Å²) in [5.41, 5.74) is -0.335. The van der Waals surface area contributed by atoms with Crippen LogP contribution in [-0.2, 0) is 9.53 Å². The van der Waals surface area contributed by atoms with Gasteiger partial charge in [-0.3, -0.25) is 4.79 Å². The molecule has 2 fully saturated rings. The SMILES string of the molecule is C#CCCC1(CCC(=O)N2CCC(C3CCCO3)CC2)N=N1. The van der Waals surface area contributed by atoms with Crippen LogP contribution in [0.15, 0.2) is 10.2 Å². The molecule has 5 nitrogen and oxygen atoms in total. The number of rotatable bonds is 6. The zero-order valence-electron chi connectivity index (χ0n) is 13.2. The standard InChI is InChI=1S/C17H25N3O2/c1-2-3-9-17(18-19-17)10-6-16(21)20-11-7-14(8-12-20)15-5-4-13-22-15/h1,14-15H,3-13H2. The number of carbonyl (C=O) groups is 1. The predicted molar refractivity (Wildman–Crippen MR) is 83.2 cm³/mol. The third-order valence-electron chi connectivity index (χ3n) is 5.17. The molecule has 22 heavy (non-hydrogen) atoms. The molecule has 0 aromatic rings. The van der Waals surface area contributed by atoms with Crippen molar-refractivity contribution >= 4 is 5.91 Å². The van der Waals surface area contributed by atoms with Crippen molar-refractivity contribution in [2.45, 2.75) is 63.1 Å². The summed E-state index contributed by atoms with van der Waals surface area (Å²) in [5, 5.41) is 8.19. The van der Waals surface area contributed by atoms with Gasteiger partial charge in [0, 0.05) is 45.4 Å². The van der Waals surface area contributed by atoms with Gasteiger partial charge in [-0.05, 0) is 31.6 Å². The summed E-state index contributed by atoms with van der Waals surface area (Å²) >= 11 is 0. The second kappa shape index (κ2) is 6.78. The maximum absolute atomic E-state index is 12.3. The first-order valence-electron chi connectivity index (χ1n) is 8.49. The largest absolute Gasteiger partial charge is 0.378 e. The Kier molecular flexibility index (Phi) is 4.77. The molecule has 0 aromatic heterocycles. The minimum Gasteiger partial charge on any atom is -0.378 e. The Morgan fingerprint density at radius 1 is 1.27 bits per heavy atom. The number of amides is 1. The molecule has 1 atom stereocenters. The molecule has 2 saturated heterocycles. The van der Waals surface area contributed by atoms with Crippen LogP contribution in [0, 0.1) is 18.3 Å². The van der Waals surface area contributed by atoms with Crippen LogP contribution in [-0.4, -0.2) is 42.3 Å². The van der Waals surface area contributed by atoms with Crippen LogP contribution in [0.25, 0.3) is 0 Å². The Hall–Kier alpha value is -1.41. The van der Waals surface area contributed by atoms with E-state index in [4.69, 9.17) is 11.2 Å². The summed E-state index contributed by atoms with van der Waals surface area (Å²) in [6, 6.07) is 0. The van der Waals surface area contributed by atoms with Gasteiger partial charge in [0.05, 0.1) is 6.10 Å². The van der Waals surface area contributed by atoms with E-state index in [0.29, 0.717) is 31.3 Å². The topological polar surface area (TPSA) is 54.3 Å². The second-order valence-electron chi connectivity index (χ2n) is 6.66. The number of piperidine rings is 1. The Balaban J connectivity index is 1.38. The number of hydrogen-bond acceptors (Lipinski definition) is 4. The van der Waals surface area contributed by atoms with Gasteiger partial charge in [-0.25, -0.2) is 0 Å². The molecule has 3 rings (SSSR count). The Bertz CT molecular complexity index is 463. The lowest BCUT2D eigenvalue weighted by Crippen LogP contribution is -2.41. The molecule has 0 spiro atoms. The quantitative estimate of drug-likeness (QED) is 0.708. The van der Waals surface area contributed by atoms with E-state index in [1.165, 1.54) is 12.8 Å². The van der Waals surface area contributed by atoms with E-state index in [1.807, 2.05) is 4.90 Å². The summed E-state index contributed by atoms with van der Waals surface area (Å²) in [7, 11) is 0. The number of ether oxygens (including phenoxy) is 1. The lowest BCUT2D eigenvalue weighted by Gasteiger charge is -2.34. The molecule has 3 aliphatic heterocycles. The fraction of sp³-hybridized carbons (Fsp3) is 0.824. The van der Waals surface area contributed by atoms with Crippen molar-refractivity contribution in [2.24, 2.45) is 16.1 Å².